The van der Waals surface area contributed by atoms with E-state index in [0.717, 1.165) is 28.3 Å². The molecule has 94 valence electrons. The topological polar surface area (TPSA) is 52.0 Å². The summed E-state index contributed by atoms with van der Waals surface area (Å²) in [7, 11) is 0. The van der Waals surface area contributed by atoms with E-state index < -0.39 is 0 Å². The molecule has 3 nitrogen and oxygen atoms in total. The molecule has 0 unspecified atom stereocenters. The minimum Gasteiger partial charge on any atom is -0.441 e. The van der Waals surface area contributed by atoms with Crippen LogP contribution in [0.3, 0.4) is 0 Å². The number of benzene rings is 2. The normalized spacial score (nSPS) is 10.6. The van der Waals surface area contributed by atoms with Crippen LogP contribution in [-0.4, -0.2) is 4.98 Å². The third-order valence-corrected chi connectivity index (χ3v) is 3.00. The van der Waals surface area contributed by atoms with Gasteiger partial charge in [0.1, 0.15) is 11.5 Å². The van der Waals surface area contributed by atoms with Crippen molar-refractivity contribution in [3.05, 3.63) is 60.4 Å². The first kappa shape index (κ1) is 11.5. The highest BCUT2D eigenvalue weighted by molar-refractivity contribution is 5.66. The van der Waals surface area contributed by atoms with E-state index in [9.17, 15) is 0 Å². The Morgan fingerprint density at radius 1 is 0.895 bits per heavy atom. The largest absolute Gasteiger partial charge is 0.441 e. The van der Waals surface area contributed by atoms with Crippen molar-refractivity contribution in [1.82, 2.24) is 4.98 Å². The van der Waals surface area contributed by atoms with E-state index in [1.165, 1.54) is 0 Å². The highest BCUT2D eigenvalue weighted by Crippen LogP contribution is 2.28. The van der Waals surface area contributed by atoms with Gasteiger partial charge in [0.05, 0.1) is 0 Å². The molecule has 3 aromatic rings. The molecule has 2 N–H and O–H groups in total. The fourth-order valence-corrected chi connectivity index (χ4v) is 2.01. The minimum atomic E-state index is 0.622. The van der Waals surface area contributed by atoms with Gasteiger partial charge in [-0.15, -0.1) is 0 Å². The molecule has 0 radical (unpaired) electrons. The van der Waals surface area contributed by atoms with Crippen molar-refractivity contribution in [2.75, 3.05) is 5.73 Å². The molecule has 0 spiro atoms. The second-order valence-corrected chi connectivity index (χ2v) is 4.41. The second-order valence-electron chi connectivity index (χ2n) is 4.41. The lowest BCUT2D eigenvalue weighted by molar-refractivity contribution is 0.543. The van der Waals surface area contributed by atoms with Gasteiger partial charge in [0, 0.05) is 16.8 Å². The summed E-state index contributed by atoms with van der Waals surface area (Å²) >= 11 is 0. The van der Waals surface area contributed by atoms with E-state index in [0.29, 0.717) is 5.89 Å². The monoisotopic (exact) mass is 250 g/mol. The lowest BCUT2D eigenvalue weighted by Crippen LogP contribution is -1.84. The number of nitrogens with zero attached hydrogens (tertiary/aromatic N) is 1. The summed E-state index contributed by atoms with van der Waals surface area (Å²) in [5, 5.41) is 0. The Kier molecular flexibility index (Phi) is 2.80. The summed E-state index contributed by atoms with van der Waals surface area (Å²) < 4.78 is 5.74. The summed E-state index contributed by atoms with van der Waals surface area (Å²) in [5.74, 6) is 1.44. The molecule has 2 aromatic carbocycles. The summed E-state index contributed by atoms with van der Waals surface area (Å²) in [6.45, 7) is 1.93. The first-order valence-electron chi connectivity index (χ1n) is 6.13. The summed E-state index contributed by atoms with van der Waals surface area (Å²) in [4.78, 5) is 4.57. The van der Waals surface area contributed by atoms with Crippen molar-refractivity contribution in [2.45, 2.75) is 6.92 Å². The van der Waals surface area contributed by atoms with Crippen LogP contribution < -0.4 is 5.73 Å². The van der Waals surface area contributed by atoms with Crippen LogP contribution in [0, 0.1) is 6.92 Å². The molecule has 0 saturated carbocycles. The van der Waals surface area contributed by atoms with Crippen molar-refractivity contribution in [1.29, 1.82) is 0 Å². The highest BCUT2D eigenvalue weighted by atomic mass is 16.4. The van der Waals surface area contributed by atoms with Gasteiger partial charge in [-0.2, -0.15) is 0 Å². The molecule has 0 aliphatic rings. The number of nitrogens with two attached hydrogens (primary N) is 1. The smallest absolute Gasteiger partial charge is 0.226 e. The van der Waals surface area contributed by atoms with Crippen molar-refractivity contribution >= 4 is 5.69 Å². The van der Waals surface area contributed by atoms with Crippen LogP contribution in [0.5, 0.6) is 0 Å². The van der Waals surface area contributed by atoms with Crippen molar-refractivity contribution < 1.29 is 4.42 Å². The van der Waals surface area contributed by atoms with E-state index in [1.54, 1.807) is 0 Å². The zero-order valence-corrected chi connectivity index (χ0v) is 10.6. The number of hydrogen-bond donors (Lipinski definition) is 1. The van der Waals surface area contributed by atoms with Crippen LogP contribution in [0.1, 0.15) is 5.76 Å². The van der Waals surface area contributed by atoms with Gasteiger partial charge in [-0.25, -0.2) is 4.98 Å². The van der Waals surface area contributed by atoms with Gasteiger partial charge in [0.2, 0.25) is 5.89 Å². The fourth-order valence-electron chi connectivity index (χ4n) is 2.01. The average Bonchev–Trinajstić information content (AvgIpc) is 2.83. The van der Waals surface area contributed by atoms with E-state index in [2.05, 4.69) is 4.98 Å². The molecule has 0 bridgehead atoms. The summed E-state index contributed by atoms with van der Waals surface area (Å²) in [6, 6.07) is 17.5. The van der Waals surface area contributed by atoms with Gasteiger partial charge >= 0.3 is 0 Å². The van der Waals surface area contributed by atoms with Gasteiger partial charge in [-0.1, -0.05) is 30.3 Å². The molecule has 0 amide bonds. The molecule has 3 heteroatoms. The number of hydrogen-bond acceptors (Lipinski definition) is 3. The van der Waals surface area contributed by atoms with E-state index in [1.807, 2.05) is 61.5 Å². The van der Waals surface area contributed by atoms with E-state index in [-0.39, 0.29) is 0 Å². The van der Waals surface area contributed by atoms with E-state index in [4.69, 9.17) is 10.2 Å². The number of rotatable bonds is 2. The van der Waals surface area contributed by atoms with Gasteiger partial charge in [0.25, 0.3) is 0 Å². The van der Waals surface area contributed by atoms with Crippen LogP contribution >= 0.6 is 0 Å². The average molecular weight is 250 g/mol. The number of oxazole rings is 1. The molecule has 0 fully saturated rings. The quantitative estimate of drug-likeness (QED) is 0.702. The molecule has 19 heavy (non-hydrogen) atoms. The third kappa shape index (κ3) is 2.22. The summed E-state index contributed by atoms with van der Waals surface area (Å²) in [6.07, 6.45) is 0. The first-order valence-corrected chi connectivity index (χ1v) is 6.13. The first-order chi connectivity index (χ1) is 9.24. The van der Waals surface area contributed by atoms with E-state index >= 15 is 0 Å². The third-order valence-electron chi connectivity index (χ3n) is 3.00. The number of nitrogen functional groups attached to an aromatic ring is 1. The number of aromatic nitrogens is 1. The molecule has 1 heterocycles. The van der Waals surface area contributed by atoms with Gasteiger partial charge in [0.15, 0.2) is 0 Å². The van der Waals surface area contributed by atoms with Crippen LogP contribution in [-0.2, 0) is 0 Å². The lowest BCUT2D eigenvalue weighted by Gasteiger charge is -1.96. The van der Waals surface area contributed by atoms with Gasteiger partial charge < -0.3 is 10.2 Å². The zero-order chi connectivity index (χ0) is 13.2. The fraction of sp³-hybridized carbons (Fsp3) is 0.0625. The maximum absolute atomic E-state index is 5.74. The SMILES string of the molecule is Cc1oc(-c2ccc(N)cc2)nc1-c1ccccc1. The highest BCUT2D eigenvalue weighted by Gasteiger charge is 2.12. The molecular formula is C16H14N2O. The van der Waals surface area contributed by atoms with Crippen molar-refractivity contribution in [3.63, 3.8) is 0 Å². The van der Waals surface area contributed by atoms with Crippen molar-refractivity contribution in [3.8, 4) is 22.7 Å². The van der Waals surface area contributed by atoms with Crippen LogP contribution in [0.15, 0.2) is 59.0 Å². The minimum absolute atomic E-state index is 0.622. The molecule has 0 saturated heterocycles. The second kappa shape index (κ2) is 4.61. The molecule has 0 atom stereocenters. The lowest BCUT2D eigenvalue weighted by atomic mass is 10.1. The Morgan fingerprint density at radius 2 is 1.58 bits per heavy atom. The Bertz CT molecular complexity index is 685. The Hall–Kier alpha value is -2.55. The maximum atomic E-state index is 5.74. The van der Waals surface area contributed by atoms with Gasteiger partial charge in [-0.05, 0) is 31.2 Å². The summed E-state index contributed by atoms with van der Waals surface area (Å²) in [5.41, 5.74) is 9.28. The molecule has 1 aromatic heterocycles. The number of anilines is 1. The van der Waals surface area contributed by atoms with Gasteiger partial charge in [-0.3, -0.25) is 0 Å². The standard InChI is InChI=1S/C16H14N2O/c1-11-15(12-5-3-2-4-6-12)18-16(19-11)13-7-9-14(17)10-8-13/h2-10H,17H2,1H3. The van der Waals surface area contributed by atoms with Crippen LogP contribution in [0.25, 0.3) is 22.7 Å². The van der Waals surface area contributed by atoms with Crippen LogP contribution in [0.2, 0.25) is 0 Å². The molecular weight excluding hydrogens is 236 g/mol. The molecule has 3 rings (SSSR count). The predicted molar refractivity (Wildman–Crippen MR) is 76.5 cm³/mol. The maximum Gasteiger partial charge on any atom is 0.226 e. The Morgan fingerprint density at radius 3 is 2.26 bits per heavy atom. The predicted octanol–water partition coefficient (Wildman–Crippen LogP) is 3.90. The molecule has 0 aliphatic carbocycles. The number of aryl methyl sites for hydroxylation is 1. The zero-order valence-electron chi connectivity index (χ0n) is 10.6. The van der Waals surface area contributed by atoms with Crippen LogP contribution in [0.4, 0.5) is 5.69 Å². The Balaban J connectivity index is 2.04. The Labute approximate surface area is 111 Å². The molecule has 0 aliphatic heterocycles. The van der Waals surface area contributed by atoms with Crippen molar-refractivity contribution in [2.24, 2.45) is 0 Å².